The minimum Gasteiger partial charge on any atom is -0.394 e. The monoisotopic (exact) mass is 665 g/mol. The molecular weight excluding hydrogens is 611 g/mol. The molecule has 0 bridgehead atoms. The van der Waals surface area contributed by atoms with Gasteiger partial charge >= 0.3 is 0 Å². The number of Topliss-reactive ketones (excluding diaryl/α,β-unsaturated/α-hetero) is 2. The normalized spacial score (nSPS) is 13.4. The first-order valence-electron chi connectivity index (χ1n) is 15.2. The molecule has 0 aliphatic heterocycles. The molecule has 13 heteroatoms. The van der Waals surface area contributed by atoms with Gasteiger partial charge in [-0.05, 0) is 51.2 Å². The first kappa shape index (κ1) is 41.9. The molecule has 0 heterocycles. The summed E-state index contributed by atoms with van der Waals surface area (Å²) in [6, 6.07) is 0. The number of carbonyl (C=O) groups is 4. The molecule has 2 amide bonds. The number of nitrogens with one attached hydrogen (secondary N) is 2. The first-order chi connectivity index (χ1) is 20.5. The lowest BCUT2D eigenvalue weighted by atomic mass is 9.85. The van der Waals surface area contributed by atoms with Crippen LogP contribution < -0.4 is 10.6 Å². The summed E-state index contributed by atoms with van der Waals surface area (Å²) in [5.74, 6) is 1.41. The number of amides is 2. The summed E-state index contributed by atoms with van der Waals surface area (Å²) in [7, 11) is 3.53. The number of nitrogens with zero attached hydrogens (tertiary/aromatic N) is 1. The number of hydrogen-bond acceptors (Lipinski definition) is 11. The Labute approximate surface area is 271 Å². The van der Waals surface area contributed by atoms with Crippen molar-refractivity contribution in [3.8, 4) is 0 Å². The van der Waals surface area contributed by atoms with Crippen LogP contribution in [0.4, 0.5) is 0 Å². The number of aliphatic hydroxyl groups excluding tert-OH is 2. The van der Waals surface area contributed by atoms with Gasteiger partial charge in [-0.15, -0.1) is 35.3 Å². The molecule has 1 unspecified atom stereocenters. The van der Waals surface area contributed by atoms with E-state index in [0.717, 1.165) is 61.5 Å². The third kappa shape index (κ3) is 23.9. The standard InChI is InChI=1S/C30H55N3O7S3/c1-6-25(12-7-9-14-31-29(38)21-41-20-27(36)19-34)28(37)18-26(23(2)35)13-8-10-15-32-30(39)22-43-24(3)42-17-11-16-33(4)40-5/h25-27,34,36H,3,6-22H2,1-2,4-5H3,(H,31,38)(H,32,39)/t25-,26+,27?/m0/s1. The van der Waals surface area contributed by atoms with Gasteiger partial charge in [0.05, 0.1) is 31.3 Å². The molecule has 0 spiro atoms. The Morgan fingerprint density at radius 3 is 2.09 bits per heavy atom. The molecular formula is C30H55N3O7S3. The zero-order valence-electron chi connectivity index (χ0n) is 26.6. The Kier molecular flexibility index (Phi) is 26.5. The number of rotatable bonds is 29. The molecule has 3 atom stereocenters. The third-order valence-electron chi connectivity index (χ3n) is 6.88. The van der Waals surface area contributed by atoms with Gasteiger partial charge in [-0.2, -0.15) is 5.06 Å². The van der Waals surface area contributed by atoms with E-state index in [1.165, 1.54) is 23.5 Å². The molecule has 0 aliphatic carbocycles. The molecule has 250 valence electrons. The predicted octanol–water partition coefficient (Wildman–Crippen LogP) is 3.66. The Morgan fingerprint density at radius 2 is 1.53 bits per heavy atom. The van der Waals surface area contributed by atoms with Gasteiger partial charge in [-0.3, -0.25) is 19.2 Å². The van der Waals surface area contributed by atoms with Crippen molar-refractivity contribution in [1.82, 2.24) is 15.7 Å². The molecule has 0 aliphatic rings. The van der Waals surface area contributed by atoms with Crippen molar-refractivity contribution >= 4 is 58.7 Å². The van der Waals surface area contributed by atoms with Crippen LogP contribution in [0.15, 0.2) is 10.8 Å². The number of aliphatic hydroxyl groups is 2. The average molecular weight is 666 g/mol. The van der Waals surface area contributed by atoms with E-state index in [-0.39, 0.29) is 54.0 Å². The van der Waals surface area contributed by atoms with E-state index in [1.807, 2.05) is 14.0 Å². The maximum absolute atomic E-state index is 13.0. The molecule has 0 aromatic carbocycles. The molecule has 0 aromatic heterocycles. The van der Waals surface area contributed by atoms with Gasteiger partial charge in [0.25, 0.3) is 0 Å². The Bertz CT molecular complexity index is 820. The van der Waals surface area contributed by atoms with Crippen LogP contribution in [0.5, 0.6) is 0 Å². The lowest BCUT2D eigenvalue weighted by Gasteiger charge is -2.18. The maximum Gasteiger partial charge on any atom is 0.230 e. The fourth-order valence-electron chi connectivity index (χ4n) is 4.13. The minimum atomic E-state index is -0.813. The highest BCUT2D eigenvalue weighted by atomic mass is 32.2. The third-order valence-corrected chi connectivity index (χ3v) is 10.2. The first-order valence-corrected chi connectivity index (χ1v) is 18.3. The molecule has 0 saturated heterocycles. The maximum atomic E-state index is 13.0. The van der Waals surface area contributed by atoms with E-state index in [1.54, 1.807) is 30.9 Å². The summed E-state index contributed by atoms with van der Waals surface area (Å²) in [5.41, 5.74) is 0. The topological polar surface area (TPSA) is 145 Å². The number of ketones is 2. The van der Waals surface area contributed by atoms with Crippen molar-refractivity contribution in [2.24, 2.45) is 11.8 Å². The zero-order chi connectivity index (χ0) is 32.5. The van der Waals surface area contributed by atoms with Crippen LogP contribution in [-0.4, -0.2) is 108 Å². The van der Waals surface area contributed by atoms with Crippen LogP contribution in [0, 0.1) is 11.8 Å². The van der Waals surface area contributed by atoms with E-state index in [4.69, 9.17) is 9.94 Å². The predicted molar refractivity (Wildman–Crippen MR) is 180 cm³/mol. The largest absolute Gasteiger partial charge is 0.394 e. The fourth-order valence-corrected chi connectivity index (χ4v) is 6.57. The highest BCUT2D eigenvalue weighted by molar-refractivity contribution is 8.22. The molecule has 0 aromatic rings. The Morgan fingerprint density at radius 1 is 0.930 bits per heavy atom. The zero-order valence-corrected chi connectivity index (χ0v) is 29.0. The second kappa shape index (κ2) is 27.2. The minimum absolute atomic E-state index is 0.0283. The number of hydrogen-bond donors (Lipinski definition) is 4. The Balaban J connectivity index is 4.14. The smallest absolute Gasteiger partial charge is 0.230 e. The summed E-state index contributed by atoms with van der Waals surface area (Å²) in [6.45, 7) is 9.13. The lowest BCUT2D eigenvalue weighted by Crippen LogP contribution is -2.27. The van der Waals surface area contributed by atoms with Gasteiger partial charge in [-0.1, -0.05) is 26.3 Å². The SMILES string of the molecule is C=C(SCCCN(C)OC)SCC(=O)NCCCC[C@H](CC(=O)[C@@H](CC)CCCCNC(=O)CSCC(O)CO)C(C)=O. The van der Waals surface area contributed by atoms with Gasteiger partial charge in [0.15, 0.2) is 0 Å². The second-order valence-corrected chi connectivity index (χ2v) is 14.1. The molecule has 4 N–H and O–H groups in total. The van der Waals surface area contributed by atoms with Crippen LogP contribution in [-0.2, 0) is 24.0 Å². The van der Waals surface area contributed by atoms with E-state index in [9.17, 15) is 24.3 Å². The van der Waals surface area contributed by atoms with E-state index in [0.29, 0.717) is 31.0 Å². The highest BCUT2D eigenvalue weighted by Crippen LogP contribution is 2.26. The van der Waals surface area contributed by atoms with Crippen LogP contribution in [0.2, 0.25) is 0 Å². The second-order valence-electron chi connectivity index (χ2n) is 10.5. The van der Waals surface area contributed by atoms with Crippen molar-refractivity contribution in [1.29, 1.82) is 0 Å². The number of hydroxylamine groups is 2. The number of thioether (sulfide) groups is 3. The molecule has 0 rings (SSSR count). The van der Waals surface area contributed by atoms with Crippen molar-refractivity contribution in [3.63, 3.8) is 0 Å². The molecule has 0 fully saturated rings. The molecule has 0 radical (unpaired) electrons. The van der Waals surface area contributed by atoms with Gasteiger partial charge in [-0.25, -0.2) is 0 Å². The quantitative estimate of drug-likeness (QED) is 0.0686. The van der Waals surface area contributed by atoms with Gasteiger partial charge in [0.1, 0.15) is 11.6 Å². The lowest BCUT2D eigenvalue weighted by molar-refractivity contribution is -0.129. The summed E-state index contributed by atoms with van der Waals surface area (Å²) in [6.07, 6.45) is 5.58. The van der Waals surface area contributed by atoms with Gasteiger partial charge in [0, 0.05) is 54.9 Å². The van der Waals surface area contributed by atoms with Crippen molar-refractivity contribution in [3.05, 3.63) is 10.8 Å². The highest BCUT2D eigenvalue weighted by Gasteiger charge is 2.23. The van der Waals surface area contributed by atoms with E-state index < -0.39 is 6.10 Å². The van der Waals surface area contributed by atoms with Crippen molar-refractivity contribution in [2.45, 2.75) is 77.7 Å². The summed E-state index contributed by atoms with van der Waals surface area (Å²) < 4.78 is 0.920. The van der Waals surface area contributed by atoms with Crippen LogP contribution in [0.3, 0.4) is 0 Å². The number of carbonyl (C=O) groups excluding carboxylic acids is 4. The average Bonchev–Trinajstić information content (AvgIpc) is 2.98. The van der Waals surface area contributed by atoms with Gasteiger partial charge in [0.2, 0.25) is 11.8 Å². The molecule has 43 heavy (non-hydrogen) atoms. The molecule has 10 nitrogen and oxygen atoms in total. The Hall–Kier alpha value is -1.09. The summed E-state index contributed by atoms with van der Waals surface area (Å²) in [5, 5.41) is 25.6. The van der Waals surface area contributed by atoms with Crippen LogP contribution in [0.25, 0.3) is 0 Å². The van der Waals surface area contributed by atoms with Crippen LogP contribution >= 0.6 is 35.3 Å². The van der Waals surface area contributed by atoms with Gasteiger partial charge < -0.3 is 25.7 Å². The van der Waals surface area contributed by atoms with E-state index >= 15 is 0 Å². The van der Waals surface area contributed by atoms with Crippen molar-refractivity contribution in [2.75, 3.05) is 63.4 Å². The van der Waals surface area contributed by atoms with E-state index in [2.05, 4.69) is 17.2 Å². The van der Waals surface area contributed by atoms with Crippen molar-refractivity contribution < 1.29 is 34.2 Å². The summed E-state index contributed by atoms with van der Waals surface area (Å²) in [4.78, 5) is 54.3. The summed E-state index contributed by atoms with van der Waals surface area (Å²) >= 11 is 4.36. The molecule has 0 saturated carbocycles. The fraction of sp³-hybridized carbons (Fsp3) is 0.800. The van der Waals surface area contributed by atoms with Crippen LogP contribution in [0.1, 0.15) is 71.6 Å². The number of unbranched alkanes of at least 4 members (excludes halogenated alkanes) is 2.